The smallest absolute Gasteiger partial charge is 0.317 e. The van der Waals surface area contributed by atoms with Crippen LogP contribution in [0.1, 0.15) is 52.5 Å². The maximum Gasteiger partial charge on any atom is 0.317 e. The van der Waals surface area contributed by atoms with Gasteiger partial charge in [-0.05, 0) is 51.8 Å². The Morgan fingerprint density at radius 3 is 1.59 bits per heavy atom. The van der Waals surface area contributed by atoms with Crippen LogP contribution in [0.15, 0.2) is 24.3 Å². The second-order valence-corrected chi connectivity index (χ2v) is 6.62. The molecule has 0 unspecified atom stereocenters. The Labute approximate surface area is 171 Å². The van der Waals surface area contributed by atoms with Crippen LogP contribution in [0.5, 0.6) is 5.75 Å². The van der Waals surface area contributed by atoms with Crippen LogP contribution < -0.4 is 4.74 Å². The van der Waals surface area contributed by atoms with Gasteiger partial charge < -0.3 is 14.2 Å². The average molecular weight is 406 g/mol. The normalized spacial score (nSPS) is 12.8. The zero-order valence-electron chi connectivity index (χ0n) is 17.7. The van der Waals surface area contributed by atoms with E-state index in [9.17, 15) is 19.2 Å². The van der Waals surface area contributed by atoms with Gasteiger partial charge in [-0.2, -0.15) is 0 Å². The van der Waals surface area contributed by atoms with Crippen molar-refractivity contribution in [1.29, 1.82) is 0 Å². The molecule has 0 bridgehead atoms. The van der Waals surface area contributed by atoms with Gasteiger partial charge in [0, 0.05) is 5.92 Å². The van der Waals surface area contributed by atoms with Crippen LogP contribution in [0.3, 0.4) is 0 Å². The second-order valence-electron chi connectivity index (χ2n) is 6.62. The SMILES string of the molecule is CCCOc1ccc(C([C@@H](C(C)=O)C(=O)OCC)[C@@H](C(C)=O)C(=O)OCC)cc1. The minimum absolute atomic E-state index is 0.0727. The van der Waals surface area contributed by atoms with Crippen molar-refractivity contribution < 1.29 is 33.4 Å². The van der Waals surface area contributed by atoms with Gasteiger partial charge in [-0.3, -0.25) is 19.2 Å². The summed E-state index contributed by atoms with van der Waals surface area (Å²) in [6, 6.07) is 6.67. The van der Waals surface area contributed by atoms with Crippen LogP contribution in [-0.4, -0.2) is 43.3 Å². The fourth-order valence-corrected chi connectivity index (χ4v) is 3.18. The lowest BCUT2D eigenvalue weighted by Gasteiger charge is -2.29. The molecule has 0 aromatic heterocycles. The summed E-state index contributed by atoms with van der Waals surface area (Å²) >= 11 is 0. The third-order valence-electron chi connectivity index (χ3n) is 4.41. The zero-order chi connectivity index (χ0) is 22.0. The van der Waals surface area contributed by atoms with Crippen molar-refractivity contribution in [2.75, 3.05) is 19.8 Å². The topological polar surface area (TPSA) is 96.0 Å². The molecule has 1 aromatic carbocycles. The minimum atomic E-state index is -1.31. The maximum atomic E-state index is 12.6. The fourth-order valence-electron chi connectivity index (χ4n) is 3.18. The van der Waals surface area contributed by atoms with E-state index in [-0.39, 0.29) is 13.2 Å². The zero-order valence-corrected chi connectivity index (χ0v) is 17.7. The number of benzene rings is 1. The number of hydrogen-bond acceptors (Lipinski definition) is 7. The molecule has 1 aromatic rings. The number of carbonyl (C=O) groups excluding carboxylic acids is 4. The number of ketones is 2. The highest BCUT2D eigenvalue weighted by Gasteiger charge is 2.45. The molecule has 29 heavy (non-hydrogen) atoms. The molecule has 0 radical (unpaired) electrons. The first kappa shape index (κ1) is 24.3. The standard InChI is InChI=1S/C22H30O7/c1-6-13-29-17-11-9-16(10-12-17)20(18(14(4)23)21(25)27-7-2)19(15(5)24)22(26)28-8-3/h9-12,18-20H,6-8,13H2,1-5H3/t18-,19-/m1/s1. The minimum Gasteiger partial charge on any atom is -0.494 e. The average Bonchev–Trinajstić information content (AvgIpc) is 2.66. The number of esters is 2. The van der Waals surface area contributed by atoms with Crippen molar-refractivity contribution in [1.82, 2.24) is 0 Å². The molecule has 2 atom stereocenters. The van der Waals surface area contributed by atoms with Crippen molar-refractivity contribution in [3.63, 3.8) is 0 Å². The lowest BCUT2D eigenvalue weighted by molar-refractivity contribution is -0.157. The van der Waals surface area contributed by atoms with E-state index in [1.807, 2.05) is 6.92 Å². The van der Waals surface area contributed by atoms with Crippen molar-refractivity contribution in [3.8, 4) is 5.75 Å². The molecular weight excluding hydrogens is 376 g/mol. The largest absolute Gasteiger partial charge is 0.494 e. The molecule has 0 spiro atoms. The fraction of sp³-hybridized carbons (Fsp3) is 0.545. The van der Waals surface area contributed by atoms with Crippen LogP contribution in [-0.2, 0) is 28.7 Å². The van der Waals surface area contributed by atoms with Gasteiger partial charge in [-0.1, -0.05) is 19.1 Å². The van der Waals surface area contributed by atoms with Gasteiger partial charge in [0.2, 0.25) is 0 Å². The van der Waals surface area contributed by atoms with E-state index < -0.39 is 41.3 Å². The number of carbonyl (C=O) groups is 4. The first-order chi connectivity index (χ1) is 13.8. The Balaban J connectivity index is 3.49. The maximum absolute atomic E-state index is 12.6. The molecule has 0 N–H and O–H groups in total. The predicted molar refractivity (Wildman–Crippen MR) is 107 cm³/mol. The summed E-state index contributed by atoms with van der Waals surface area (Å²) in [5, 5.41) is 0. The van der Waals surface area contributed by atoms with Crippen LogP contribution in [0.4, 0.5) is 0 Å². The molecule has 7 nitrogen and oxygen atoms in total. The Kier molecular flexibility index (Phi) is 10.1. The summed E-state index contributed by atoms with van der Waals surface area (Å²) < 4.78 is 15.7. The van der Waals surface area contributed by atoms with Gasteiger partial charge in [0.15, 0.2) is 0 Å². The van der Waals surface area contributed by atoms with Crippen molar-refractivity contribution >= 4 is 23.5 Å². The van der Waals surface area contributed by atoms with Crippen molar-refractivity contribution in [2.45, 2.75) is 47.0 Å². The van der Waals surface area contributed by atoms with Crippen LogP contribution >= 0.6 is 0 Å². The Morgan fingerprint density at radius 2 is 1.24 bits per heavy atom. The first-order valence-corrected chi connectivity index (χ1v) is 9.85. The summed E-state index contributed by atoms with van der Waals surface area (Å²) in [7, 11) is 0. The predicted octanol–water partition coefficient (Wildman–Crippen LogP) is 3.10. The summed E-state index contributed by atoms with van der Waals surface area (Å²) in [6.07, 6.45) is 0.842. The molecule has 0 saturated heterocycles. The molecule has 7 heteroatoms. The third kappa shape index (κ3) is 6.69. The van der Waals surface area contributed by atoms with E-state index in [0.29, 0.717) is 17.9 Å². The Hall–Kier alpha value is -2.70. The highest BCUT2D eigenvalue weighted by atomic mass is 16.5. The van der Waals surface area contributed by atoms with E-state index in [2.05, 4.69) is 0 Å². The number of ether oxygens (including phenoxy) is 3. The van der Waals surface area contributed by atoms with E-state index in [0.717, 1.165) is 6.42 Å². The van der Waals surface area contributed by atoms with Crippen LogP contribution in [0.25, 0.3) is 0 Å². The lowest BCUT2D eigenvalue weighted by atomic mass is 9.73. The van der Waals surface area contributed by atoms with E-state index in [1.165, 1.54) is 13.8 Å². The highest BCUT2D eigenvalue weighted by molar-refractivity contribution is 6.04. The van der Waals surface area contributed by atoms with E-state index >= 15 is 0 Å². The van der Waals surface area contributed by atoms with E-state index in [1.54, 1.807) is 38.1 Å². The first-order valence-electron chi connectivity index (χ1n) is 9.85. The summed E-state index contributed by atoms with van der Waals surface area (Å²) in [5.74, 6) is -5.57. The third-order valence-corrected chi connectivity index (χ3v) is 4.41. The quantitative estimate of drug-likeness (QED) is 0.389. The molecule has 160 valence electrons. The summed E-state index contributed by atoms with van der Waals surface area (Å²) in [5.41, 5.74) is 0.482. The summed E-state index contributed by atoms with van der Waals surface area (Å²) in [4.78, 5) is 50.0. The van der Waals surface area contributed by atoms with Gasteiger partial charge in [-0.15, -0.1) is 0 Å². The highest BCUT2D eigenvalue weighted by Crippen LogP contribution is 2.36. The van der Waals surface area contributed by atoms with Gasteiger partial charge in [0.1, 0.15) is 29.2 Å². The summed E-state index contributed by atoms with van der Waals surface area (Å²) in [6.45, 7) is 8.41. The number of Topliss-reactive ketones (excluding diaryl/α,β-unsaturated/α-hetero) is 2. The lowest BCUT2D eigenvalue weighted by Crippen LogP contribution is -2.40. The van der Waals surface area contributed by atoms with Gasteiger partial charge >= 0.3 is 11.9 Å². The molecule has 0 amide bonds. The molecule has 0 saturated carbocycles. The Bertz CT molecular complexity index is 672. The molecule has 0 fully saturated rings. The molecule has 0 aliphatic heterocycles. The van der Waals surface area contributed by atoms with Crippen LogP contribution in [0, 0.1) is 11.8 Å². The number of hydrogen-bond donors (Lipinski definition) is 0. The molecule has 0 heterocycles. The second kappa shape index (κ2) is 12.0. The van der Waals surface area contributed by atoms with E-state index in [4.69, 9.17) is 14.2 Å². The van der Waals surface area contributed by atoms with Crippen molar-refractivity contribution in [2.24, 2.45) is 11.8 Å². The van der Waals surface area contributed by atoms with Gasteiger partial charge in [0.05, 0.1) is 19.8 Å². The van der Waals surface area contributed by atoms with Crippen LogP contribution in [0.2, 0.25) is 0 Å². The molecule has 0 aliphatic rings. The Morgan fingerprint density at radius 1 is 0.793 bits per heavy atom. The molecular formula is C22H30O7. The van der Waals surface area contributed by atoms with Gasteiger partial charge in [-0.25, -0.2) is 0 Å². The van der Waals surface area contributed by atoms with Crippen molar-refractivity contribution in [3.05, 3.63) is 29.8 Å². The molecule has 1 rings (SSSR count). The monoisotopic (exact) mass is 406 g/mol. The number of rotatable bonds is 12. The van der Waals surface area contributed by atoms with Gasteiger partial charge in [0.25, 0.3) is 0 Å². The molecule has 0 aliphatic carbocycles.